The van der Waals surface area contributed by atoms with Crippen LogP contribution in [0.1, 0.15) is 30.4 Å². The first-order valence-electron chi connectivity index (χ1n) is 10.4. The molecule has 3 aromatic rings. The molecule has 1 fully saturated rings. The highest BCUT2D eigenvalue weighted by Gasteiger charge is 2.13. The Morgan fingerprint density at radius 3 is 2.84 bits per heavy atom. The lowest BCUT2D eigenvalue weighted by molar-refractivity contribution is -0.154. The molecule has 0 bridgehead atoms. The minimum Gasteiger partial charge on any atom is -0.497 e. The van der Waals surface area contributed by atoms with Crippen molar-refractivity contribution in [1.82, 2.24) is 4.98 Å². The monoisotopic (exact) mass is 480 g/mol. The van der Waals surface area contributed by atoms with Crippen molar-refractivity contribution >= 4 is 32.5 Å². The van der Waals surface area contributed by atoms with Gasteiger partial charge >= 0.3 is 0 Å². The van der Waals surface area contributed by atoms with Gasteiger partial charge in [0.25, 0.3) is 0 Å². The fourth-order valence-electron chi connectivity index (χ4n) is 3.49. The first-order valence-corrected chi connectivity index (χ1v) is 11.2. The number of nitrogens with zero attached hydrogens (tertiary/aromatic N) is 1. The summed E-state index contributed by atoms with van der Waals surface area (Å²) in [6.45, 7) is 1.77. The number of halogens is 1. The van der Waals surface area contributed by atoms with Crippen LogP contribution >= 0.6 is 15.9 Å². The van der Waals surface area contributed by atoms with E-state index in [1.165, 1.54) is 0 Å². The van der Waals surface area contributed by atoms with E-state index in [9.17, 15) is 0 Å². The van der Waals surface area contributed by atoms with Crippen LogP contribution in [0.4, 0.5) is 5.69 Å². The lowest BCUT2D eigenvalue weighted by Gasteiger charge is -2.21. The number of aromatic nitrogens is 1. The third kappa shape index (κ3) is 5.76. The molecule has 1 saturated heterocycles. The molecule has 0 unspecified atom stereocenters. The van der Waals surface area contributed by atoms with E-state index < -0.39 is 0 Å². The lowest BCUT2D eigenvalue weighted by atomic mass is 10.1. The van der Waals surface area contributed by atoms with Gasteiger partial charge in [-0.25, -0.2) is 0 Å². The molecule has 0 saturated carbocycles. The number of anilines is 1. The predicted octanol–water partition coefficient (Wildman–Crippen LogP) is 5.51. The van der Waals surface area contributed by atoms with Gasteiger partial charge < -0.3 is 19.5 Å². The molecule has 1 N–H and O–H groups in total. The molecule has 1 aromatic heterocycles. The van der Waals surface area contributed by atoms with Crippen molar-refractivity contribution in [3.05, 3.63) is 64.3 Å². The first kappa shape index (κ1) is 21.6. The first-order chi connectivity index (χ1) is 15.2. The Labute approximate surface area is 191 Å². The molecule has 2 aromatic carbocycles. The van der Waals surface area contributed by atoms with Gasteiger partial charge in [-0.3, -0.25) is 4.98 Å². The summed E-state index contributed by atoms with van der Waals surface area (Å²) >= 11 is 3.53. The Morgan fingerprint density at radius 2 is 2.06 bits per heavy atom. The van der Waals surface area contributed by atoms with Gasteiger partial charge in [-0.2, -0.15) is 0 Å². The van der Waals surface area contributed by atoms with E-state index in [4.69, 9.17) is 14.2 Å². The number of hydrogen-bond acceptors (Lipinski definition) is 5. The predicted molar refractivity (Wildman–Crippen MR) is 126 cm³/mol. The highest BCUT2D eigenvalue weighted by molar-refractivity contribution is 9.10. The number of benzene rings is 2. The van der Waals surface area contributed by atoms with E-state index in [-0.39, 0.29) is 6.29 Å². The fraction of sp³-hybridized carbons (Fsp3) is 0.320. The number of ether oxygens (including phenoxy) is 3. The molecular weight excluding hydrogens is 456 g/mol. The van der Waals surface area contributed by atoms with Crippen molar-refractivity contribution in [2.75, 3.05) is 25.6 Å². The van der Waals surface area contributed by atoms with Crippen LogP contribution in [0.25, 0.3) is 10.9 Å². The fourth-order valence-corrected chi connectivity index (χ4v) is 3.84. The Balaban J connectivity index is 1.54. The molecule has 6 heteroatoms. The SMILES string of the molecule is COc1ccc(CNc2c(C#CCO[C@H]3CCCCO3)cnc3cc(Br)ccc23)cc1. The quantitative estimate of drug-likeness (QED) is 0.471. The zero-order valence-electron chi connectivity index (χ0n) is 17.5. The number of nitrogens with one attached hydrogen (secondary N) is 1. The molecule has 0 amide bonds. The molecule has 1 aliphatic rings. The van der Waals surface area contributed by atoms with Crippen LogP contribution in [0, 0.1) is 11.8 Å². The minimum absolute atomic E-state index is 0.136. The van der Waals surface area contributed by atoms with Crippen molar-refractivity contribution in [2.45, 2.75) is 32.1 Å². The van der Waals surface area contributed by atoms with Crippen LogP contribution in [-0.4, -0.2) is 31.6 Å². The van der Waals surface area contributed by atoms with Crippen LogP contribution in [0.15, 0.2) is 53.1 Å². The molecule has 31 heavy (non-hydrogen) atoms. The largest absolute Gasteiger partial charge is 0.497 e. The normalized spacial score (nSPS) is 15.9. The van der Waals surface area contributed by atoms with Crippen molar-refractivity contribution in [3.63, 3.8) is 0 Å². The van der Waals surface area contributed by atoms with Gasteiger partial charge in [-0.1, -0.05) is 39.9 Å². The Kier molecular flexibility index (Phi) is 7.42. The van der Waals surface area contributed by atoms with Crippen LogP contribution in [-0.2, 0) is 16.0 Å². The number of rotatable bonds is 6. The number of fused-ring (bicyclic) bond motifs is 1. The Hall–Kier alpha value is -2.59. The molecule has 0 aliphatic carbocycles. The average Bonchev–Trinajstić information content (AvgIpc) is 2.81. The molecule has 5 nitrogen and oxygen atoms in total. The maximum atomic E-state index is 5.74. The van der Waals surface area contributed by atoms with Gasteiger partial charge in [0, 0.05) is 29.2 Å². The highest BCUT2D eigenvalue weighted by Crippen LogP contribution is 2.28. The molecule has 160 valence electrons. The van der Waals surface area contributed by atoms with Gasteiger partial charge in [0.2, 0.25) is 0 Å². The topological polar surface area (TPSA) is 52.6 Å². The smallest absolute Gasteiger partial charge is 0.158 e. The number of methoxy groups -OCH3 is 1. The van der Waals surface area contributed by atoms with E-state index in [2.05, 4.69) is 56.3 Å². The Bertz CT molecular complexity index is 1080. The van der Waals surface area contributed by atoms with Crippen LogP contribution < -0.4 is 10.1 Å². The van der Waals surface area contributed by atoms with E-state index >= 15 is 0 Å². The summed E-state index contributed by atoms with van der Waals surface area (Å²) < 4.78 is 17.6. The van der Waals surface area contributed by atoms with Crippen LogP contribution in [0.2, 0.25) is 0 Å². The summed E-state index contributed by atoms with van der Waals surface area (Å²) in [6, 6.07) is 14.1. The highest BCUT2D eigenvalue weighted by atomic mass is 79.9. The second-order valence-electron chi connectivity index (χ2n) is 7.32. The van der Waals surface area contributed by atoms with Gasteiger partial charge in [0.1, 0.15) is 12.4 Å². The molecular formula is C25H25BrN2O3. The summed E-state index contributed by atoms with van der Waals surface area (Å²) in [7, 11) is 1.67. The average molecular weight is 481 g/mol. The second kappa shape index (κ2) is 10.6. The van der Waals surface area contributed by atoms with E-state index in [1.807, 2.05) is 30.5 Å². The molecule has 0 radical (unpaired) electrons. The summed E-state index contributed by atoms with van der Waals surface area (Å²) in [5.74, 6) is 7.19. The van der Waals surface area contributed by atoms with Gasteiger partial charge in [0.15, 0.2) is 6.29 Å². The molecule has 4 rings (SSSR count). The minimum atomic E-state index is -0.136. The van der Waals surface area contributed by atoms with Crippen LogP contribution in [0.5, 0.6) is 5.75 Å². The second-order valence-corrected chi connectivity index (χ2v) is 8.23. The van der Waals surface area contributed by atoms with Crippen molar-refractivity contribution in [3.8, 4) is 17.6 Å². The van der Waals surface area contributed by atoms with Gasteiger partial charge in [-0.15, -0.1) is 0 Å². The molecule has 0 spiro atoms. The van der Waals surface area contributed by atoms with Crippen molar-refractivity contribution in [1.29, 1.82) is 0 Å². The molecule has 1 atom stereocenters. The summed E-state index contributed by atoms with van der Waals surface area (Å²) in [5, 5.41) is 4.58. The maximum absolute atomic E-state index is 5.74. The standard InChI is InChI=1S/C25H25BrN2O3/c1-29-21-10-7-18(8-11-21)16-28-25-19(5-4-14-31-24-6-2-3-13-30-24)17-27-23-15-20(26)9-12-22(23)25/h7-12,15,17,24H,2-3,6,13-14,16H2,1H3,(H,27,28)/t24-/m0/s1. The summed E-state index contributed by atoms with van der Waals surface area (Å²) in [6.07, 6.45) is 4.86. The maximum Gasteiger partial charge on any atom is 0.158 e. The zero-order chi connectivity index (χ0) is 21.5. The number of pyridine rings is 1. The zero-order valence-corrected chi connectivity index (χ0v) is 19.1. The summed E-state index contributed by atoms with van der Waals surface area (Å²) in [5.41, 5.74) is 3.87. The Morgan fingerprint density at radius 1 is 1.19 bits per heavy atom. The van der Waals surface area contributed by atoms with Crippen molar-refractivity contribution in [2.24, 2.45) is 0 Å². The van der Waals surface area contributed by atoms with Crippen LogP contribution in [0.3, 0.4) is 0 Å². The third-order valence-corrected chi connectivity index (χ3v) is 5.66. The summed E-state index contributed by atoms with van der Waals surface area (Å²) in [4.78, 5) is 4.59. The number of hydrogen-bond donors (Lipinski definition) is 1. The molecule has 2 heterocycles. The lowest BCUT2D eigenvalue weighted by Crippen LogP contribution is -2.22. The van der Waals surface area contributed by atoms with Gasteiger partial charge in [0.05, 0.1) is 23.9 Å². The van der Waals surface area contributed by atoms with E-state index in [0.29, 0.717) is 13.2 Å². The van der Waals surface area contributed by atoms with E-state index in [1.54, 1.807) is 7.11 Å². The van der Waals surface area contributed by atoms with Gasteiger partial charge in [-0.05, 0) is 55.2 Å². The van der Waals surface area contributed by atoms with Crippen molar-refractivity contribution < 1.29 is 14.2 Å². The van der Waals surface area contributed by atoms with E-state index in [0.717, 1.165) is 63.8 Å². The molecule has 1 aliphatic heterocycles. The third-order valence-electron chi connectivity index (χ3n) is 5.16.